The van der Waals surface area contributed by atoms with Crippen molar-refractivity contribution in [2.45, 2.75) is 6.42 Å². The molecule has 1 aromatic heterocycles. The lowest BCUT2D eigenvalue weighted by atomic mass is 10.1. The molecule has 0 saturated heterocycles. The molecule has 0 aliphatic heterocycles. The van der Waals surface area contributed by atoms with Crippen LogP contribution in [0.3, 0.4) is 0 Å². The number of benzene rings is 2. The van der Waals surface area contributed by atoms with Crippen molar-refractivity contribution >= 4 is 11.6 Å². The Kier molecular flexibility index (Phi) is 2.86. The summed E-state index contributed by atoms with van der Waals surface area (Å²) in [6.45, 7) is 0. The standard InChI is InChI=1S/C19H14O2/c1-2-7-16(8-3-1)21-19-9-4-6-14-12-15(13-17(14)19)18-10-5-11-20-18/h1-11,13H,12H2. The van der Waals surface area contributed by atoms with Crippen molar-refractivity contribution in [3.63, 3.8) is 0 Å². The van der Waals surface area contributed by atoms with E-state index in [9.17, 15) is 0 Å². The molecule has 0 radical (unpaired) electrons. The third kappa shape index (κ3) is 2.25. The summed E-state index contributed by atoms with van der Waals surface area (Å²) in [5, 5.41) is 0. The maximum atomic E-state index is 6.01. The third-order valence-electron chi connectivity index (χ3n) is 3.66. The van der Waals surface area contributed by atoms with Crippen LogP contribution in [0.15, 0.2) is 71.3 Å². The molecule has 4 rings (SSSR count). The maximum Gasteiger partial charge on any atom is 0.134 e. The number of furan rings is 1. The van der Waals surface area contributed by atoms with Crippen LogP contribution >= 0.6 is 0 Å². The minimum Gasteiger partial charge on any atom is -0.465 e. The van der Waals surface area contributed by atoms with E-state index in [1.807, 2.05) is 54.6 Å². The molecule has 102 valence electrons. The van der Waals surface area contributed by atoms with Crippen molar-refractivity contribution in [2.75, 3.05) is 0 Å². The van der Waals surface area contributed by atoms with Gasteiger partial charge in [0.25, 0.3) is 0 Å². The van der Waals surface area contributed by atoms with E-state index >= 15 is 0 Å². The molecule has 1 aliphatic rings. The SMILES string of the molecule is C1=C(c2ccco2)Cc2cccc(Oc3ccccc3)c21. The summed E-state index contributed by atoms with van der Waals surface area (Å²) in [5.74, 6) is 2.67. The molecule has 0 saturated carbocycles. The van der Waals surface area contributed by atoms with Crippen molar-refractivity contribution in [3.05, 3.63) is 83.8 Å². The van der Waals surface area contributed by atoms with Gasteiger partial charge in [0.2, 0.25) is 0 Å². The molecule has 0 amide bonds. The van der Waals surface area contributed by atoms with Gasteiger partial charge in [-0.3, -0.25) is 0 Å². The Bertz CT molecular complexity index is 784. The topological polar surface area (TPSA) is 22.4 Å². The zero-order chi connectivity index (χ0) is 14.1. The molecule has 1 heterocycles. The zero-order valence-electron chi connectivity index (χ0n) is 11.5. The summed E-state index contributed by atoms with van der Waals surface area (Å²) in [4.78, 5) is 0. The predicted octanol–water partition coefficient (Wildman–Crippen LogP) is 5.17. The number of para-hydroxylation sites is 1. The number of hydrogen-bond donors (Lipinski definition) is 0. The van der Waals surface area contributed by atoms with Crippen molar-refractivity contribution in [2.24, 2.45) is 0 Å². The summed E-state index contributed by atoms with van der Waals surface area (Å²) in [6.07, 6.45) is 4.75. The summed E-state index contributed by atoms with van der Waals surface area (Å²) in [5.41, 5.74) is 3.61. The first-order chi connectivity index (χ1) is 10.4. The van der Waals surface area contributed by atoms with E-state index in [4.69, 9.17) is 9.15 Å². The summed E-state index contributed by atoms with van der Waals surface area (Å²) >= 11 is 0. The highest BCUT2D eigenvalue weighted by molar-refractivity contribution is 5.89. The molecule has 0 atom stereocenters. The average Bonchev–Trinajstić information content (AvgIpc) is 3.18. The highest BCUT2D eigenvalue weighted by Gasteiger charge is 2.19. The smallest absolute Gasteiger partial charge is 0.134 e. The lowest BCUT2D eigenvalue weighted by Gasteiger charge is -2.09. The molecule has 1 aliphatic carbocycles. The van der Waals surface area contributed by atoms with E-state index in [2.05, 4.69) is 12.1 Å². The number of ether oxygens (including phenoxy) is 1. The molecule has 0 bridgehead atoms. The van der Waals surface area contributed by atoms with E-state index in [1.165, 1.54) is 11.1 Å². The second-order valence-electron chi connectivity index (χ2n) is 5.07. The van der Waals surface area contributed by atoms with Gasteiger partial charge in [-0.25, -0.2) is 0 Å². The van der Waals surface area contributed by atoms with Crippen LogP contribution in [0.5, 0.6) is 11.5 Å². The fourth-order valence-electron chi connectivity index (χ4n) is 2.66. The minimum atomic E-state index is 0.853. The van der Waals surface area contributed by atoms with Crippen LogP contribution in [0.2, 0.25) is 0 Å². The Morgan fingerprint density at radius 3 is 2.57 bits per heavy atom. The molecule has 0 N–H and O–H groups in total. The van der Waals surface area contributed by atoms with Gasteiger partial charge in [-0.15, -0.1) is 0 Å². The van der Waals surface area contributed by atoms with Crippen molar-refractivity contribution < 1.29 is 9.15 Å². The quantitative estimate of drug-likeness (QED) is 0.657. The van der Waals surface area contributed by atoms with Crippen LogP contribution in [0, 0.1) is 0 Å². The first-order valence-corrected chi connectivity index (χ1v) is 6.99. The van der Waals surface area contributed by atoms with E-state index in [-0.39, 0.29) is 0 Å². The highest BCUT2D eigenvalue weighted by Crippen LogP contribution is 2.38. The number of rotatable bonds is 3. The monoisotopic (exact) mass is 274 g/mol. The van der Waals surface area contributed by atoms with Gasteiger partial charge in [0, 0.05) is 12.0 Å². The second-order valence-corrected chi connectivity index (χ2v) is 5.07. The van der Waals surface area contributed by atoms with Gasteiger partial charge in [-0.2, -0.15) is 0 Å². The molecule has 0 unspecified atom stereocenters. The fraction of sp³-hybridized carbons (Fsp3) is 0.0526. The average molecular weight is 274 g/mol. The first-order valence-electron chi connectivity index (χ1n) is 6.99. The molecule has 2 aromatic carbocycles. The molecule has 21 heavy (non-hydrogen) atoms. The van der Waals surface area contributed by atoms with Crippen LogP contribution in [0.1, 0.15) is 16.9 Å². The van der Waals surface area contributed by atoms with Crippen LogP contribution in [0.25, 0.3) is 11.6 Å². The van der Waals surface area contributed by atoms with E-state index < -0.39 is 0 Å². The summed E-state index contributed by atoms with van der Waals surface area (Å²) in [6, 6.07) is 20.0. The number of allylic oxidation sites excluding steroid dienone is 1. The second kappa shape index (κ2) is 4.98. The fourth-order valence-corrected chi connectivity index (χ4v) is 2.66. The van der Waals surface area contributed by atoms with Crippen LogP contribution in [0.4, 0.5) is 0 Å². The Labute approximate surface area is 123 Å². The largest absolute Gasteiger partial charge is 0.465 e. The van der Waals surface area contributed by atoms with Crippen LogP contribution in [-0.4, -0.2) is 0 Å². The van der Waals surface area contributed by atoms with E-state index in [1.54, 1.807) is 6.26 Å². The molecular weight excluding hydrogens is 260 g/mol. The van der Waals surface area contributed by atoms with Crippen LogP contribution in [-0.2, 0) is 6.42 Å². The molecule has 2 nitrogen and oxygen atoms in total. The van der Waals surface area contributed by atoms with Gasteiger partial charge >= 0.3 is 0 Å². The van der Waals surface area contributed by atoms with Crippen molar-refractivity contribution in [1.29, 1.82) is 0 Å². The van der Waals surface area contributed by atoms with Gasteiger partial charge in [0.05, 0.1) is 6.26 Å². The van der Waals surface area contributed by atoms with Crippen molar-refractivity contribution in [1.82, 2.24) is 0 Å². The Morgan fingerprint density at radius 2 is 1.76 bits per heavy atom. The molecular formula is C19H14O2. The Balaban J connectivity index is 1.71. The van der Waals surface area contributed by atoms with Gasteiger partial charge in [-0.1, -0.05) is 30.3 Å². The van der Waals surface area contributed by atoms with Crippen molar-refractivity contribution in [3.8, 4) is 11.5 Å². The highest BCUT2D eigenvalue weighted by atomic mass is 16.5. The summed E-state index contributed by atoms with van der Waals surface area (Å²) in [7, 11) is 0. The van der Waals surface area contributed by atoms with Gasteiger partial charge < -0.3 is 9.15 Å². The Morgan fingerprint density at radius 1 is 0.857 bits per heavy atom. The number of fused-ring (bicyclic) bond motifs is 1. The normalized spacial score (nSPS) is 12.9. The van der Waals surface area contributed by atoms with Gasteiger partial charge in [0.1, 0.15) is 17.3 Å². The molecule has 0 fully saturated rings. The zero-order valence-corrected chi connectivity index (χ0v) is 11.5. The third-order valence-corrected chi connectivity index (χ3v) is 3.66. The molecule has 3 aromatic rings. The molecule has 2 heteroatoms. The lowest BCUT2D eigenvalue weighted by molar-refractivity contribution is 0.481. The summed E-state index contributed by atoms with van der Waals surface area (Å²) < 4.78 is 11.5. The molecule has 0 spiro atoms. The van der Waals surface area contributed by atoms with Gasteiger partial charge in [-0.05, 0) is 47.5 Å². The minimum absolute atomic E-state index is 0.853. The maximum absolute atomic E-state index is 6.01. The number of hydrogen-bond acceptors (Lipinski definition) is 2. The predicted molar refractivity (Wildman–Crippen MR) is 83.2 cm³/mol. The first kappa shape index (κ1) is 12.0. The van der Waals surface area contributed by atoms with E-state index in [0.717, 1.165) is 29.2 Å². The lowest BCUT2D eigenvalue weighted by Crippen LogP contribution is -1.89. The Hall–Kier alpha value is -2.74. The van der Waals surface area contributed by atoms with Crippen LogP contribution < -0.4 is 4.74 Å². The van der Waals surface area contributed by atoms with E-state index in [0.29, 0.717) is 0 Å². The van der Waals surface area contributed by atoms with Gasteiger partial charge in [0.15, 0.2) is 0 Å².